The first kappa shape index (κ1) is 14.4. The lowest BCUT2D eigenvalue weighted by Gasteiger charge is -2.34. The lowest BCUT2D eigenvalue weighted by molar-refractivity contribution is -0.143. The van der Waals surface area contributed by atoms with Gasteiger partial charge >= 0.3 is 5.97 Å². The van der Waals surface area contributed by atoms with Crippen molar-refractivity contribution in [2.45, 2.75) is 25.8 Å². The number of fused-ring (bicyclic) bond motifs is 1. The highest BCUT2D eigenvalue weighted by Gasteiger charge is 2.37. The molecule has 1 atom stereocenters. The molecule has 1 amide bonds. The van der Waals surface area contributed by atoms with Crippen molar-refractivity contribution in [3.8, 4) is 0 Å². The maximum absolute atomic E-state index is 12.6. The molecule has 1 unspecified atom stereocenters. The summed E-state index contributed by atoms with van der Waals surface area (Å²) in [6.07, 6.45) is 1.34. The SMILES string of the molecule is CCc1ccc(C(=O)N2CCc3ccccc3C2C(=O)O)o1. The number of carboxylic acid groups (broad SMARTS) is 1. The van der Waals surface area contributed by atoms with Crippen molar-refractivity contribution in [2.24, 2.45) is 0 Å². The Morgan fingerprint density at radius 2 is 2.05 bits per heavy atom. The van der Waals surface area contributed by atoms with Crippen LogP contribution >= 0.6 is 0 Å². The summed E-state index contributed by atoms with van der Waals surface area (Å²) >= 11 is 0. The molecule has 0 saturated heterocycles. The zero-order chi connectivity index (χ0) is 15.7. The van der Waals surface area contributed by atoms with Crippen molar-refractivity contribution >= 4 is 11.9 Å². The topological polar surface area (TPSA) is 70.8 Å². The van der Waals surface area contributed by atoms with Crippen LogP contribution in [-0.2, 0) is 17.6 Å². The smallest absolute Gasteiger partial charge is 0.331 e. The van der Waals surface area contributed by atoms with Gasteiger partial charge in [-0.05, 0) is 29.7 Å². The number of hydrogen-bond donors (Lipinski definition) is 1. The summed E-state index contributed by atoms with van der Waals surface area (Å²) in [6, 6.07) is 9.76. The standard InChI is InChI=1S/C17H17NO4/c1-2-12-7-8-14(22-12)16(19)18-10-9-11-5-3-4-6-13(11)15(18)17(20)21/h3-8,15H,2,9-10H2,1H3,(H,20,21). The number of rotatable bonds is 3. The Labute approximate surface area is 128 Å². The fourth-order valence-electron chi connectivity index (χ4n) is 2.88. The number of nitrogens with zero attached hydrogens (tertiary/aromatic N) is 1. The first-order valence-electron chi connectivity index (χ1n) is 7.32. The maximum atomic E-state index is 12.6. The number of carbonyl (C=O) groups excluding carboxylic acids is 1. The van der Waals surface area contributed by atoms with E-state index in [0.717, 1.165) is 5.56 Å². The van der Waals surface area contributed by atoms with Gasteiger partial charge in [0.2, 0.25) is 0 Å². The molecule has 2 heterocycles. The van der Waals surface area contributed by atoms with E-state index < -0.39 is 12.0 Å². The Bertz CT molecular complexity index is 719. The monoisotopic (exact) mass is 299 g/mol. The molecule has 22 heavy (non-hydrogen) atoms. The Kier molecular flexibility index (Phi) is 3.71. The molecular formula is C17H17NO4. The van der Waals surface area contributed by atoms with Crippen LogP contribution < -0.4 is 0 Å². The highest BCUT2D eigenvalue weighted by Crippen LogP contribution is 2.31. The number of aryl methyl sites for hydroxylation is 1. The van der Waals surface area contributed by atoms with E-state index >= 15 is 0 Å². The molecule has 1 N–H and O–H groups in total. The second-order valence-electron chi connectivity index (χ2n) is 5.31. The average molecular weight is 299 g/mol. The molecule has 0 radical (unpaired) electrons. The molecule has 1 aromatic heterocycles. The zero-order valence-electron chi connectivity index (χ0n) is 12.3. The van der Waals surface area contributed by atoms with Crippen LogP contribution in [0.25, 0.3) is 0 Å². The van der Waals surface area contributed by atoms with E-state index in [9.17, 15) is 14.7 Å². The Morgan fingerprint density at radius 1 is 1.27 bits per heavy atom. The molecule has 114 valence electrons. The summed E-state index contributed by atoms with van der Waals surface area (Å²) in [6.45, 7) is 2.30. The van der Waals surface area contributed by atoms with Gasteiger partial charge in [0.05, 0.1) is 0 Å². The van der Waals surface area contributed by atoms with Gasteiger partial charge in [-0.15, -0.1) is 0 Å². The fourth-order valence-corrected chi connectivity index (χ4v) is 2.88. The van der Waals surface area contributed by atoms with E-state index in [-0.39, 0.29) is 11.7 Å². The first-order valence-corrected chi connectivity index (χ1v) is 7.32. The average Bonchev–Trinajstić information content (AvgIpc) is 3.02. The largest absolute Gasteiger partial charge is 0.479 e. The predicted molar refractivity (Wildman–Crippen MR) is 79.6 cm³/mol. The molecule has 2 aromatic rings. The molecule has 1 aliphatic rings. The van der Waals surface area contributed by atoms with E-state index in [1.807, 2.05) is 19.1 Å². The van der Waals surface area contributed by atoms with Gasteiger partial charge in [-0.2, -0.15) is 0 Å². The van der Waals surface area contributed by atoms with Crippen molar-refractivity contribution in [3.05, 3.63) is 59.0 Å². The second-order valence-corrected chi connectivity index (χ2v) is 5.31. The summed E-state index contributed by atoms with van der Waals surface area (Å²) in [5.41, 5.74) is 1.66. The van der Waals surface area contributed by atoms with Crippen molar-refractivity contribution in [2.75, 3.05) is 6.54 Å². The third kappa shape index (κ3) is 2.39. The summed E-state index contributed by atoms with van der Waals surface area (Å²) in [5, 5.41) is 9.58. The van der Waals surface area contributed by atoms with Crippen molar-refractivity contribution in [3.63, 3.8) is 0 Å². The second kappa shape index (κ2) is 5.67. The van der Waals surface area contributed by atoms with Crippen molar-refractivity contribution in [1.29, 1.82) is 0 Å². The Morgan fingerprint density at radius 3 is 2.73 bits per heavy atom. The third-order valence-electron chi connectivity index (χ3n) is 4.00. The minimum Gasteiger partial charge on any atom is -0.479 e. The third-order valence-corrected chi connectivity index (χ3v) is 4.00. The van der Waals surface area contributed by atoms with E-state index in [0.29, 0.717) is 30.7 Å². The van der Waals surface area contributed by atoms with Crippen LogP contribution in [0.2, 0.25) is 0 Å². The first-order chi connectivity index (χ1) is 10.6. The zero-order valence-corrected chi connectivity index (χ0v) is 12.3. The lowest BCUT2D eigenvalue weighted by Crippen LogP contribution is -2.43. The van der Waals surface area contributed by atoms with Gasteiger partial charge in [0.25, 0.3) is 5.91 Å². The van der Waals surface area contributed by atoms with Crippen LogP contribution in [0.1, 0.15) is 40.4 Å². The van der Waals surface area contributed by atoms with E-state index in [1.165, 1.54) is 4.90 Å². The minimum atomic E-state index is -1.03. The minimum absolute atomic E-state index is 0.197. The number of carbonyl (C=O) groups is 2. The number of hydrogen-bond acceptors (Lipinski definition) is 3. The van der Waals surface area contributed by atoms with Crippen LogP contribution in [0.4, 0.5) is 0 Å². The number of amides is 1. The van der Waals surface area contributed by atoms with E-state index in [2.05, 4.69) is 0 Å². The maximum Gasteiger partial charge on any atom is 0.331 e. The van der Waals surface area contributed by atoms with Gasteiger partial charge in [0, 0.05) is 13.0 Å². The molecule has 1 aliphatic heterocycles. The van der Waals surface area contributed by atoms with E-state index in [4.69, 9.17) is 4.42 Å². The molecule has 0 aliphatic carbocycles. The van der Waals surface area contributed by atoms with Crippen LogP contribution in [-0.4, -0.2) is 28.4 Å². The Balaban J connectivity index is 1.96. The fraction of sp³-hybridized carbons (Fsp3) is 0.294. The van der Waals surface area contributed by atoms with Gasteiger partial charge in [-0.25, -0.2) is 4.79 Å². The van der Waals surface area contributed by atoms with Gasteiger partial charge < -0.3 is 14.4 Å². The summed E-state index contributed by atoms with van der Waals surface area (Å²) in [5.74, 6) is -0.487. The number of carboxylic acids is 1. The van der Waals surface area contributed by atoms with Gasteiger partial charge in [-0.3, -0.25) is 4.79 Å². The highest BCUT2D eigenvalue weighted by atomic mass is 16.4. The molecule has 0 saturated carbocycles. The van der Waals surface area contributed by atoms with Crippen LogP contribution in [0.15, 0.2) is 40.8 Å². The molecule has 0 bridgehead atoms. The molecule has 0 spiro atoms. The van der Waals surface area contributed by atoms with Crippen LogP contribution in [0, 0.1) is 0 Å². The number of furan rings is 1. The highest BCUT2D eigenvalue weighted by molar-refractivity contribution is 5.95. The normalized spacial score (nSPS) is 17.1. The number of aliphatic carboxylic acids is 1. The van der Waals surface area contributed by atoms with Crippen LogP contribution in [0.3, 0.4) is 0 Å². The van der Waals surface area contributed by atoms with E-state index in [1.54, 1.807) is 24.3 Å². The summed E-state index contributed by atoms with van der Waals surface area (Å²) in [7, 11) is 0. The molecule has 3 rings (SSSR count). The molecular weight excluding hydrogens is 282 g/mol. The molecule has 0 fully saturated rings. The summed E-state index contributed by atoms with van der Waals surface area (Å²) < 4.78 is 5.48. The summed E-state index contributed by atoms with van der Waals surface area (Å²) in [4.78, 5) is 25.7. The molecule has 5 nitrogen and oxygen atoms in total. The van der Waals surface area contributed by atoms with Crippen molar-refractivity contribution in [1.82, 2.24) is 4.90 Å². The molecule has 1 aromatic carbocycles. The Hall–Kier alpha value is -2.56. The predicted octanol–water partition coefficient (Wildman–Crippen LogP) is 2.67. The van der Waals surface area contributed by atoms with Gasteiger partial charge in [-0.1, -0.05) is 31.2 Å². The van der Waals surface area contributed by atoms with Crippen LogP contribution in [0.5, 0.6) is 0 Å². The number of benzene rings is 1. The quantitative estimate of drug-likeness (QED) is 0.946. The van der Waals surface area contributed by atoms with Gasteiger partial charge in [0.15, 0.2) is 11.8 Å². The van der Waals surface area contributed by atoms with Gasteiger partial charge in [0.1, 0.15) is 5.76 Å². The molecule has 5 heteroatoms. The van der Waals surface area contributed by atoms with Crippen molar-refractivity contribution < 1.29 is 19.1 Å². The lowest BCUT2D eigenvalue weighted by atomic mass is 9.92.